The van der Waals surface area contributed by atoms with Gasteiger partial charge in [-0.15, -0.1) is 9.78 Å². The highest BCUT2D eigenvalue weighted by molar-refractivity contribution is 5.95. The summed E-state index contributed by atoms with van der Waals surface area (Å²) in [6.45, 7) is 2.35. The van der Waals surface area contributed by atoms with Gasteiger partial charge in [0.1, 0.15) is 17.5 Å². The monoisotopic (exact) mass is 592 g/mol. The largest absolute Gasteiger partial charge is 0.476 e. The van der Waals surface area contributed by atoms with Crippen LogP contribution in [-0.2, 0) is 30.6 Å². The average molecular weight is 593 g/mol. The number of aromatic amines is 1. The fourth-order valence-corrected chi connectivity index (χ4v) is 5.59. The minimum atomic E-state index is -0.823. The normalized spacial score (nSPS) is 13.2. The molecule has 1 aliphatic carbocycles. The smallest absolute Gasteiger partial charge is 0.288 e. The van der Waals surface area contributed by atoms with E-state index in [1.807, 2.05) is 6.92 Å². The first-order valence-electron chi connectivity index (χ1n) is 14.2. The first kappa shape index (κ1) is 29.8. The van der Waals surface area contributed by atoms with Crippen LogP contribution in [0.1, 0.15) is 58.7 Å². The van der Waals surface area contributed by atoms with Crippen molar-refractivity contribution in [2.45, 2.75) is 51.6 Å². The SMILES string of the molecule is CCOc1[nH][n+](CC(=O)N[C@@H](Cc2cc(F)cc(F)c2)c2ncccc2-c2ccc(F)c(C(=O)NC)c2)c2c1CCCC2. The highest BCUT2D eigenvalue weighted by Crippen LogP contribution is 2.31. The van der Waals surface area contributed by atoms with Crippen LogP contribution >= 0.6 is 0 Å². The molecule has 43 heavy (non-hydrogen) atoms. The molecule has 0 saturated heterocycles. The van der Waals surface area contributed by atoms with Crippen molar-refractivity contribution in [1.82, 2.24) is 20.7 Å². The molecule has 0 radical (unpaired) electrons. The summed E-state index contributed by atoms with van der Waals surface area (Å²) >= 11 is 0. The van der Waals surface area contributed by atoms with Gasteiger partial charge in [0.2, 0.25) is 12.2 Å². The van der Waals surface area contributed by atoms with Gasteiger partial charge in [-0.25, -0.2) is 13.2 Å². The van der Waals surface area contributed by atoms with Crippen LogP contribution in [-0.4, -0.2) is 35.6 Å². The third-order valence-corrected chi connectivity index (χ3v) is 7.48. The van der Waals surface area contributed by atoms with Crippen molar-refractivity contribution in [1.29, 1.82) is 0 Å². The Morgan fingerprint density at radius 1 is 1.07 bits per heavy atom. The van der Waals surface area contributed by atoms with Crippen molar-refractivity contribution >= 4 is 11.8 Å². The van der Waals surface area contributed by atoms with Gasteiger partial charge in [0.25, 0.3) is 17.7 Å². The Kier molecular flexibility index (Phi) is 9.08. The molecule has 8 nitrogen and oxygen atoms in total. The molecule has 4 aromatic rings. The second-order valence-electron chi connectivity index (χ2n) is 10.4. The first-order valence-corrected chi connectivity index (χ1v) is 14.2. The quantitative estimate of drug-likeness (QED) is 0.236. The molecule has 5 rings (SSSR count). The zero-order valence-corrected chi connectivity index (χ0v) is 24.0. The van der Waals surface area contributed by atoms with Crippen LogP contribution in [0.25, 0.3) is 11.1 Å². The number of nitrogens with zero attached hydrogens (tertiary/aromatic N) is 2. The van der Waals surface area contributed by atoms with E-state index in [4.69, 9.17) is 4.74 Å². The number of amides is 2. The highest BCUT2D eigenvalue weighted by atomic mass is 19.1. The lowest BCUT2D eigenvalue weighted by Gasteiger charge is -2.21. The molecule has 2 amide bonds. The van der Waals surface area contributed by atoms with E-state index in [9.17, 15) is 22.8 Å². The Labute approximate surface area is 247 Å². The van der Waals surface area contributed by atoms with Crippen LogP contribution in [0.5, 0.6) is 5.88 Å². The molecule has 0 spiro atoms. The fourth-order valence-electron chi connectivity index (χ4n) is 5.59. The van der Waals surface area contributed by atoms with Crippen LogP contribution in [0.4, 0.5) is 13.2 Å². The number of pyridine rings is 1. The number of rotatable bonds is 10. The lowest BCUT2D eigenvalue weighted by atomic mass is 9.94. The fraction of sp³-hybridized carbons (Fsp3) is 0.312. The molecule has 2 heterocycles. The molecule has 0 saturated carbocycles. The summed E-state index contributed by atoms with van der Waals surface area (Å²) in [4.78, 5) is 30.4. The Hall–Kier alpha value is -4.67. The second-order valence-corrected chi connectivity index (χ2v) is 10.4. The van der Waals surface area contributed by atoms with E-state index >= 15 is 0 Å². The van der Waals surface area contributed by atoms with Gasteiger partial charge in [-0.05, 0) is 74.1 Å². The van der Waals surface area contributed by atoms with Crippen LogP contribution in [0.3, 0.4) is 0 Å². The van der Waals surface area contributed by atoms with Crippen LogP contribution in [0.2, 0.25) is 0 Å². The molecule has 3 N–H and O–H groups in total. The number of benzene rings is 2. The molecule has 2 aromatic carbocycles. The van der Waals surface area contributed by atoms with Gasteiger partial charge in [-0.1, -0.05) is 12.1 Å². The number of nitrogens with one attached hydrogen (secondary N) is 3. The molecular formula is C32H33F3N5O3+. The van der Waals surface area contributed by atoms with Gasteiger partial charge < -0.3 is 15.4 Å². The van der Waals surface area contributed by atoms with Crippen LogP contribution < -0.4 is 20.1 Å². The molecule has 1 aliphatic rings. The molecule has 0 fully saturated rings. The number of carbonyl (C=O) groups excluding carboxylic acids is 2. The van der Waals surface area contributed by atoms with Crippen molar-refractivity contribution in [2.24, 2.45) is 0 Å². The minimum Gasteiger partial charge on any atom is -0.476 e. The van der Waals surface area contributed by atoms with Gasteiger partial charge >= 0.3 is 0 Å². The van der Waals surface area contributed by atoms with E-state index in [1.54, 1.807) is 16.8 Å². The van der Waals surface area contributed by atoms with Crippen molar-refractivity contribution in [3.8, 4) is 17.0 Å². The molecule has 0 bridgehead atoms. The van der Waals surface area contributed by atoms with Gasteiger partial charge in [0.15, 0.2) is 0 Å². The Morgan fingerprint density at radius 3 is 2.58 bits per heavy atom. The number of carbonyl (C=O) groups is 2. The lowest BCUT2D eigenvalue weighted by molar-refractivity contribution is -0.745. The van der Waals surface area contributed by atoms with Crippen LogP contribution in [0.15, 0.2) is 54.7 Å². The number of halogens is 3. The molecular weight excluding hydrogens is 559 g/mol. The summed E-state index contributed by atoms with van der Waals surface area (Å²) in [6, 6.07) is 9.89. The number of aromatic nitrogens is 3. The maximum Gasteiger partial charge on any atom is 0.288 e. The molecule has 2 aromatic heterocycles. The summed E-state index contributed by atoms with van der Waals surface area (Å²) < 4.78 is 50.4. The second kappa shape index (κ2) is 13.1. The van der Waals surface area contributed by atoms with E-state index in [-0.39, 0.29) is 24.4 Å². The van der Waals surface area contributed by atoms with E-state index in [1.165, 1.54) is 43.6 Å². The zero-order chi connectivity index (χ0) is 30.5. The van der Waals surface area contributed by atoms with Gasteiger partial charge in [0, 0.05) is 31.3 Å². The molecule has 0 unspecified atom stereocenters. The number of ether oxygens (including phenoxy) is 1. The van der Waals surface area contributed by atoms with Gasteiger partial charge in [0.05, 0.1) is 29.5 Å². The first-order chi connectivity index (χ1) is 20.8. The van der Waals surface area contributed by atoms with E-state index < -0.39 is 29.4 Å². The highest BCUT2D eigenvalue weighted by Gasteiger charge is 2.31. The van der Waals surface area contributed by atoms with Crippen LogP contribution in [0, 0.1) is 17.5 Å². The minimum absolute atomic E-state index is 0.0195. The third-order valence-electron chi connectivity index (χ3n) is 7.48. The summed E-state index contributed by atoms with van der Waals surface area (Å²) in [6.07, 6.45) is 5.26. The summed E-state index contributed by atoms with van der Waals surface area (Å²) in [5.41, 5.74) is 3.65. The predicted molar refractivity (Wildman–Crippen MR) is 153 cm³/mol. The molecule has 0 aliphatic heterocycles. The van der Waals surface area contributed by atoms with Gasteiger partial charge in [-0.3, -0.25) is 14.6 Å². The number of H-pyrrole nitrogens is 1. The third kappa shape index (κ3) is 6.71. The number of fused-ring (bicyclic) bond motifs is 1. The van der Waals surface area contributed by atoms with Crippen molar-refractivity contribution in [3.63, 3.8) is 0 Å². The average Bonchev–Trinajstić information content (AvgIpc) is 3.33. The zero-order valence-electron chi connectivity index (χ0n) is 24.0. The van der Waals surface area contributed by atoms with E-state index in [0.29, 0.717) is 34.9 Å². The van der Waals surface area contributed by atoms with Crippen molar-refractivity contribution in [3.05, 3.63) is 100 Å². The maximum absolute atomic E-state index is 14.5. The Bertz CT molecular complexity index is 1640. The Morgan fingerprint density at radius 2 is 1.84 bits per heavy atom. The Balaban J connectivity index is 1.51. The summed E-state index contributed by atoms with van der Waals surface area (Å²) in [5, 5.41) is 8.64. The van der Waals surface area contributed by atoms with Crippen molar-refractivity contribution in [2.75, 3.05) is 13.7 Å². The maximum atomic E-state index is 14.5. The summed E-state index contributed by atoms with van der Waals surface area (Å²) in [5.74, 6) is -2.47. The van der Waals surface area contributed by atoms with Crippen molar-refractivity contribution < 1.29 is 32.2 Å². The van der Waals surface area contributed by atoms with E-state index in [0.717, 1.165) is 43.0 Å². The molecule has 11 heteroatoms. The lowest BCUT2D eigenvalue weighted by Crippen LogP contribution is -2.48. The number of hydrogen-bond acceptors (Lipinski definition) is 4. The van der Waals surface area contributed by atoms with E-state index in [2.05, 4.69) is 20.7 Å². The predicted octanol–water partition coefficient (Wildman–Crippen LogP) is 4.52. The summed E-state index contributed by atoms with van der Waals surface area (Å²) in [7, 11) is 1.41. The topological polar surface area (TPSA) is 100.0 Å². The molecule has 1 atom stereocenters. The van der Waals surface area contributed by atoms with Gasteiger partial charge in [-0.2, -0.15) is 0 Å². The standard InChI is InChI=1S/C32H32F3N5O3/c1-3-43-32-24-7-4-5-9-28(24)40(39-32)18-29(41)38-27(15-19-13-21(33)17-22(34)14-19)30-23(8-6-12-37-30)20-10-11-26(35)25(16-20)31(42)36-2/h6,8,10-14,16-17,27H,3-5,7,9,15,18H2,1-2H3,(H2,36,38,41,42)/p+1/t27-/m0/s1. The number of hydrogen-bond donors (Lipinski definition) is 3. The molecule has 224 valence electrons.